The summed E-state index contributed by atoms with van der Waals surface area (Å²) in [6.45, 7) is 8.92. The molecule has 15 rings (SSSR count). The largest absolute Gasteiger partial charge is 0.310 e. The van der Waals surface area contributed by atoms with Gasteiger partial charge in [-0.15, -0.1) is 0 Å². The summed E-state index contributed by atoms with van der Waals surface area (Å²) in [4.78, 5) is 0. The second-order valence-corrected chi connectivity index (χ2v) is 18.7. The molecular formula is C59H39BN2. The molecule has 0 N–H and O–H groups in total. The zero-order chi connectivity index (χ0) is 40.9. The van der Waals surface area contributed by atoms with Crippen LogP contribution in [0.2, 0.25) is 0 Å². The summed E-state index contributed by atoms with van der Waals surface area (Å²) in [7, 11) is 0. The van der Waals surface area contributed by atoms with Crippen molar-refractivity contribution in [3.63, 3.8) is 0 Å². The number of aryl methyl sites for hydroxylation is 4. The van der Waals surface area contributed by atoms with E-state index in [9.17, 15) is 0 Å². The Bertz CT molecular complexity index is 3840. The molecular weight excluding hydrogens is 747 g/mol. The third-order valence-electron chi connectivity index (χ3n) is 15.3. The third kappa shape index (κ3) is 3.71. The second kappa shape index (κ2) is 11.1. The van der Waals surface area contributed by atoms with Crippen LogP contribution in [0.1, 0.15) is 44.5 Å². The van der Waals surface area contributed by atoms with E-state index in [2.05, 4.69) is 201 Å². The maximum absolute atomic E-state index is 2.72. The molecule has 0 unspecified atom stereocenters. The van der Waals surface area contributed by atoms with Crippen molar-refractivity contribution in [3.05, 3.63) is 208 Å². The van der Waals surface area contributed by atoms with Crippen molar-refractivity contribution < 1.29 is 0 Å². The molecule has 0 amide bonds. The Labute approximate surface area is 360 Å². The number of benzene rings is 9. The first-order chi connectivity index (χ1) is 30.4. The highest BCUT2D eigenvalue weighted by atomic mass is 15.1. The molecule has 3 heteroatoms. The molecule has 2 nitrogen and oxygen atoms in total. The fourth-order valence-electron chi connectivity index (χ4n) is 12.9. The SMILES string of the molecule is Cc1ccc(-c2c(-c3ccc(C)cc3)n3c4c(c5ccccc5cc24)B2c4c-3ccc3c4-n4c5c2cccc5c2cccc(c24)C32c3cc(C)ccc3-c3ccc(C)cc32)cc1. The molecule has 0 saturated heterocycles. The van der Waals surface area contributed by atoms with Crippen LogP contribution < -0.4 is 16.4 Å². The number of rotatable bonds is 2. The fraction of sp³-hybridized carbons (Fsp3) is 0.0847. The first-order valence-electron chi connectivity index (χ1n) is 22.1. The van der Waals surface area contributed by atoms with Crippen molar-refractivity contribution >= 4 is 66.6 Å². The van der Waals surface area contributed by atoms with Gasteiger partial charge in [-0.05, 0) is 111 Å². The molecule has 2 aromatic heterocycles. The number of fused-ring (bicyclic) bond motifs is 13. The molecule has 4 aliphatic rings. The highest BCUT2D eigenvalue weighted by Gasteiger charge is 2.54. The van der Waals surface area contributed by atoms with Gasteiger partial charge in [-0.2, -0.15) is 0 Å². The zero-order valence-corrected chi connectivity index (χ0v) is 35.1. The van der Waals surface area contributed by atoms with Crippen molar-refractivity contribution in [2.45, 2.75) is 33.1 Å². The molecule has 0 atom stereocenters. The van der Waals surface area contributed by atoms with Gasteiger partial charge in [0.25, 0.3) is 6.71 Å². The standard InChI is InChI=1S/C59H39BN2/c1-32-15-21-36(22-16-32)51-44-31-38-9-5-6-10-39(38)52-57(44)61(54(51)37-23-17-33(2)18-24-37)50-28-27-46-58-53(50)60(52)49-14-8-12-43-42-11-7-13-45(55(42)62(58)56(43)49)59(46)47-29-34(3)19-25-40(47)41-26-20-35(4)30-48(41)59/h5-31H,1-4H3. The molecule has 0 radical (unpaired) electrons. The van der Waals surface area contributed by atoms with Crippen LogP contribution in [-0.2, 0) is 5.41 Å². The molecule has 0 saturated carbocycles. The zero-order valence-electron chi connectivity index (χ0n) is 35.1. The molecule has 1 spiro atoms. The van der Waals surface area contributed by atoms with Gasteiger partial charge in [0, 0.05) is 38.6 Å². The van der Waals surface area contributed by atoms with E-state index in [4.69, 9.17) is 0 Å². The maximum Gasteiger partial charge on any atom is 0.253 e. The van der Waals surface area contributed by atoms with Gasteiger partial charge in [0.05, 0.1) is 22.1 Å². The van der Waals surface area contributed by atoms with Crippen LogP contribution in [0, 0.1) is 27.7 Å². The summed E-state index contributed by atoms with van der Waals surface area (Å²) in [6.07, 6.45) is 0. The lowest BCUT2D eigenvalue weighted by atomic mass is 9.33. The van der Waals surface area contributed by atoms with Crippen LogP contribution in [0.4, 0.5) is 0 Å². The lowest BCUT2D eigenvalue weighted by Gasteiger charge is -2.44. The van der Waals surface area contributed by atoms with E-state index in [-0.39, 0.29) is 6.71 Å². The number of nitrogens with zero attached hydrogens (tertiary/aromatic N) is 2. The van der Waals surface area contributed by atoms with E-state index in [1.807, 2.05) is 0 Å². The average Bonchev–Trinajstić information content (AvgIpc) is 3.91. The summed E-state index contributed by atoms with van der Waals surface area (Å²) in [5.41, 5.74) is 28.8. The quantitative estimate of drug-likeness (QED) is 0.155. The summed E-state index contributed by atoms with van der Waals surface area (Å²) in [6, 6.07) is 63.9. The molecule has 62 heavy (non-hydrogen) atoms. The number of hydrogen-bond donors (Lipinski definition) is 0. The number of aromatic nitrogens is 2. The van der Waals surface area contributed by atoms with E-state index in [1.54, 1.807) is 0 Å². The molecule has 9 aromatic carbocycles. The Kier molecular flexibility index (Phi) is 5.98. The van der Waals surface area contributed by atoms with Crippen LogP contribution in [0.15, 0.2) is 164 Å². The minimum atomic E-state index is -0.503. The van der Waals surface area contributed by atoms with Gasteiger partial charge in [-0.3, -0.25) is 0 Å². The average molecular weight is 787 g/mol. The lowest BCUT2D eigenvalue weighted by molar-refractivity contribution is 0.747. The predicted octanol–water partition coefficient (Wildman–Crippen LogP) is 12.3. The second-order valence-electron chi connectivity index (χ2n) is 18.7. The molecule has 0 bridgehead atoms. The van der Waals surface area contributed by atoms with Crippen LogP contribution >= 0.6 is 0 Å². The van der Waals surface area contributed by atoms with Crippen LogP contribution in [-0.4, -0.2) is 15.8 Å². The smallest absolute Gasteiger partial charge is 0.253 e. The minimum Gasteiger partial charge on any atom is -0.310 e. The molecule has 3 aliphatic heterocycles. The molecule has 0 fully saturated rings. The summed E-state index contributed by atoms with van der Waals surface area (Å²) in [5, 5.41) is 6.59. The summed E-state index contributed by atoms with van der Waals surface area (Å²) in [5.74, 6) is 0. The van der Waals surface area contributed by atoms with Gasteiger partial charge in [0.15, 0.2) is 0 Å². The van der Waals surface area contributed by atoms with E-state index < -0.39 is 5.41 Å². The highest BCUT2D eigenvalue weighted by Crippen LogP contribution is 2.62. The Hall–Kier alpha value is -7.36. The molecule has 11 aromatic rings. The number of para-hydroxylation sites is 2. The summed E-state index contributed by atoms with van der Waals surface area (Å²) >= 11 is 0. The van der Waals surface area contributed by atoms with Crippen LogP contribution in [0.5, 0.6) is 0 Å². The van der Waals surface area contributed by atoms with Gasteiger partial charge in [0.2, 0.25) is 0 Å². The minimum absolute atomic E-state index is 0.0159. The summed E-state index contributed by atoms with van der Waals surface area (Å²) < 4.78 is 5.41. The Morgan fingerprint density at radius 3 is 1.77 bits per heavy atom. The monoisotopic (exact) mass is 786 g/mol. The number of hydrogen-bond acceptors (Lipinski definition) is 0. The van der Waals surface area contributed by atoms with Crippen molar-refractivity contribution in [2.75, 3.05) is 0 Å². The normalized spacial score (nSPS) is 14.2. The van der Waals surface area contributed by atoms with Gasteiger partial charge >= 0.3 is 0 Å². The van der Waals surface area contributed by atoms with Gasteiger partial charge in [0.1, 0.15) is 0 Å². The highest BCUT2D eigenvalue weighted by molar-refractivity contribution is 7.01. The van der Waals surface area contributed by atoms with Crippen molar-refractivity contribution in [3.8, 4) is 44.9 Å². The van der Waals surface area contributed by atoms with Gasteiger partial charge in [-0.25, -0.2) is 0 Å². The lowest BCUT2D eigenvalue weighted by Crippen LogP contribution is -2.60. The van der Waals surface area contributed by atoms with E-state index >= 15 is 0 Å². The Balaban J connectivity index is 1.21. The third-order valence-corrected chi connectivity index (χ3v) is 15.3. The van der Waals surface area contributed by atoms with Crippen molar-refractivity contribution in [2.24, 2.45) is 0 Å². The predicted molar refractivity (Wildman–Crippen MR) is 260 cm³/mol. The van der Waals surface area contributed by atoms with E-state index in [0.717, 1.165) is 0 Å². The van der Waals surface area contributed by atoms with Crippen LogP contribution in [0.3, 0.4) is 0 Å². The van der Waals surface area contributed by atoms with Crippen LogP contribution in [0.25, 0.3) is 88.4 Å². The fourth-order valence-corrected chi connectivity index (χ4v) is 12.9. The topological polar surface area (TPSA) is 9.86 Å². The Morgan fingerprint density at radius 1 is 0.419 bits per heavy atom. The molecule has 1 aliphatic carbocycles. The van der Waals surface area contributed by atoms with E-state index in [0.29, 0.717) is 0 Å². The van der Waals surface area contributed by atoms with Gasteiger partial charge in [-0.1, -0.05) is 174 Å². The Morgan fingerprint density at radius 2 is 1.05 bits per heavy atom. The first-order valence-corrected chi connectivity index (χ1v) is 22.1. The van der Waals surface area contributed by atoms with Crippen molar-refractivity contribution in [1.82, 2.24) is 9.13 Å². The van der Waals surface area contributed by atoms with Crippen molar-refractivity contribution in [1.29, 1.82) is 0 Å². The van der Waals surface area contributed by atoms with Gasteiger partial charge < -0.3 is 9.13 Å². The van der Waals surface area contributed by atoms with E-state index in [1.165, 1.54) is 149 Å². The molecule has 5 heterocycles. The first kappa shape index (κ1) is 33.4. The molecule has 288 valence electrons. The maximum atomic E-state index is 2.72.